The van der Waals surface area contributed by atoms with E-state index in [1.807, 2.05) is 4.90 Å². The van der Waals surface area contributed by atoms with Crippen LogP contribution in [0.2, 0.25) is 0 Å². The summed E-state index contributed by atoms with van der Waals surface area (Å²) in [5.74, 6) is -0.786. The molecule has 1 aromatic rings. The fourth-order valence-electron chi connectivity index (χ4n) is 2.36. The zero-order valence-electron chi connectivity index (χ0n) is 11.4. The second-order valence-corrected chi connectivity index (χ2v) is 5.52. The van der Waals surface area contributed by atoms with Gasteiger partial charge in [0.05, 0.1) is 6.61 Å². The van der Waals surface area contributed by atoms with Crippen molar-refractivity contribution in [2.24, 2.45) is 0 Å². The molecule has 1 unspecified atom stereocenters. The number of esters is 1. The minimum Gasteiger partial charge on any atom is -0.465 e. The van der Waals surface area contributed by atoms with E-state index in [1.54, 1.807) is 19.1 Å². The fourth-order valence-corrected chi connectivity index (χ4v) is 2.69. The van der Waals surface area contributed by atoms with Crippen molar-refractivity contribution >= 4 is 21.9 Å². The number of hydrogen-bond acceptors (Lipinski definition) is 4. The summed E-state index contributed by atoms with van der Waals surface area (Å²) in [4.78, 5) is 14.2. The van der Waals surface area contributed by atoms with Crippen LogP contribution in [0.25, 0.3) is 0 Å². The van der Waals surface area contributed by atoms with Crippen LogP contribution in [0, 0.1) is 5.82 Å². The lowest BCUT2D eigenvalue weighted by atomic mass is 10.0. The number of ether oxygens (including phenoxy) is 1. The number of piperazine rings is 1. The Kier molecular flexibility index (Phi) is 5.51. The van der Waals surface area contributed by atoms with Crippen LogP contribution in [0.15, 0.2) is 22.7 Å². The maximum atomic E-state index is 14.2. The molecule has 1 saturated heterocycles. The number of nitrogens with one attached hydrogen (secondary N) is 1. The number of carbonyl (C=O) groups is 1. The van der Waals surface area contributed by atoms with Crippen molar-refractivity contribution in [3.05, 3.63) is 34.1 Å². The SMILES string of the molecule is CCOC(=O)C(c1ccc(Br)cc1F)N1CCNCC1. The number of hydrogen-bond donors (Lipinski definition) is 1. The number of halogens is 2. The fraction of sp³-hybridized carbons (Fsp3) is 0.500. The van der Waals surface area contributed by atoms with E-state index in [0.717, 1.165) is 13.1 Å². The van der Waals surface area contributed by atoms with E-state index in [9.17, 15) is 9.18 Å². The summed E-state index contributed by atoms with van der Waals surface area (Å²) < 4.78 is 19.9. The molecule has 110 valence electrons. The van der Waals surface area contributed by atoms with Crippen LogP contribution in [0.3, 0.4) is 0 Å². The molecular formula is C14H18BrFN2O2. The standard InChI is InChI=1S/C14H18BrFN2O2/c1-2-20-14(19)13(18-7-5-17-6-8-18)11-4-3-10(15)9-12(11)16/h3-4,9,13,17H,2,5-8H2,1H3. The Morgan fingerprint density at radius 2 is 2.20 bits per heavy atom. The number of rotatable bonds is 4. The van der Waals surface area contributed by atoms with Gasteiger partial charge in [-0.25, -0.2) is 9.18 Å². The number of nitrogens with zero attached hydrogens (tertiary/aromatic N) is 1. The maximum Gasteiger partial charge on any atom is 0.328 e. The van der Waals surface area contributed by atoms with Crippen molar-refractivity contribution in [2.45, 2.75) is 13.0 Å². The summed E-state index contributed by atoms with van der Waals surface area (Å²) in [5, 5.41) is 3.22. The van der Waals surface area contributed by atoms with Gasteiger partial charge in [-0.2, -0.15) is 0 Å². The molecule has 1 atom stereocenters. The van der Waals surface area contributed by atoms with Gasteiger partial charge >= 0.3 is 5.97 Å². The first-order valence-corrected chi connectivity index (χ1v) is 7.49. The molecule has 6 heteroatoms. The van der Waals surface area contributed by atoms with Crippen LogP contribution >= 0.6 is 15.9 Å². The van der Waals surface area contributed by atoms with Gasteiger partial charge in [0, 0.05) is 36.2 Å². The predicted molar refractivity (Wildman–Crippen MR) is 77.9 cm³/mol. The second-order valence-electron chi connectivity index (χ2n) is 4.61. The highest BCUT2D eigenvalue weighted by Gasteiger charge is 2.31. The van der Waals surface area contributed by atoms with Gasteiger partial charge in [0.25, 0.3) is 0 Å². The van der Waals surface area contributed by atoms with E-state index in [-0.39, 0.29) is 0 Å². The van der Waals surface area contributed by atoms with E-state index in [4.69, 9.17) is 4.74 Å². The van der Waals surface area contributed by atoms with E-state index in [1.165, 1.54) is 6.07 Å². The average Bonchev–Trinajstić information content (AvgIpc) is 2.43. The van der Waals surface area contributed by atoms with Crippen molar-refractivity contribution in [3.8, 4) is 0 Å². The van der Waals surface area contributed by atoms with Crippen LogP contribution in [-0.4, -0.2) is 43.7 Å². The van der Waals surface area contributed by atoms with Gasteiger partial charge < -0.3 is 10.1 Å². The topological polar surface area (TPSA) is 41.6 Å². The van der Waals surface area contributed by atoms with Crippen LogP contribution in [0.1, 0.15) is 18.5 Å². The van der Waals surface area contributed by atoms with Gasteiger partial charge in [0.2, 0.25) is 0 Å². The van der Waals surface area contributed by atoms with Crippen LogP contribution < -0.4 is 5.32 Å². The Morgan fingerprint density at radius 1 is 1.50 bits per heavy atom. The van der Waals surface area contributed by atoms with Gasteiger partial charge in [-0.15, -0.1) is 0 Å². The summed E-state index contributed by atoms with van der Waals surface area (Å²) in [6.45, 7) is 5.00. The predicted octanol–water partition coefficient (Wildman–Crippen LogP) is 2.10. The molecular weight excluding hydrogens is 327 g/mol. The molecule has 0 bridgehead atoms. The molecule has 0 amide bonds. The molecule has 0 aromatic heterocycles. The van der Waals surface area contributed by atoms with E-state index in [2.05, 4.69) is 21.2 Å². The quantitative estimate of drug-likeness (QED) is 0.849. The molecule has 0 radical (unpaired) electrons. The lowest BCUT2D eigenvalue weighted by Crippen LogP contribution is -2.47. The van der Waals surface area contributed by atoms with Crippen molar-refractivity contribution in [1.82, 2.24) is 10.2 Å². The molecule has 4 nitrogen and oxygen atoms in total. The molecule has 2 rings (SSSR count). The molecule has 1 aliphatic rings. The van der Waals surface area contributed by atoms with E-state index >= 15 is 0 Å². The van der Waals surface area contributed by atoms with Crippen LogP contribution in [-0.2, 0) is 9.53 Å². The van der Waals surface area contributed by atoms with Crippen molar-refractivity contribution in [3.63, 3.8) is 0 Å². The Bertz CT molecular complexity index is 478. The summed E-state index contributed by atoms with van der Waals surface area (Å²) in [7, 11) is 0. The monoisotopic (exact) mass is 344 g/mol. The zero-order valence-corrected chi connectivity index (χ0v) is 13.0. The maximum absolute atomic E-state index is 14.2. The van der Waals surface area contributed by atoms with Gasteiger partial charge in [-0.1, -0.05) is 22.0 Å². The Labute approximate surface area is 126 Å². The molecule has 1 aromatic carbocycles. The molecule has 1 heterocycles. The normalized spacial score (nSPS) is 17.8. The first kappa shape index (κ1) is 15.4. The van der Waals surface area contributed by atoms with Crippen molar-refractivity contribution < 1.29 is 13.9 Å². The third-order valence-corrected chi connectivity index (χ3v) is 3.78. The van der Waals surface area contributed by atoms with E-state index in [0.29, 0.717) is 29.7 Å². The highest BCUT2D eigenvalue weighted by atomic mass is 79.9. The molecule has 20 heavy (non-hydrogen) atoms. The summed E-state index contributed by atoms with van der Waals surface area (Å²) in [6.07, 6.45) is 0. The lowest BCUT2D eigenvalue weighted by Gasteiger charge is -2.33. The molecule has 0 spiro atoms. The zero-order chi connectivity index (χ0) is 14.5. The summed E-state index contributed by atoms with van der Waals surface area (Å²) in [6, 6.07) is 4.09. The summed E-state index contributed by atoms with van der Waals surface area (Å²) >= 11 is 3.23. The average molecular weight is 345 g/mol. The molecule has 1 fully saturated rings. The second kappa shape index (κ2) is 7.15. The number of benzene rings is 1. The molecule has 1 N–H and O–H groups in total. The minimum atomic E-state index is -0.676. The molecule has 1 aliphatic heterocycles. The highest BCUT2D eigenvalue weighted by molar-refractivity contribution is 9.10. The van der Waals surface area contributed by atoms with Gasteiger partial charge in [0.1, 0.15) is 11.9 Å². The van der Waals surface area contributed by atoms with Crippen LogP contribution in [0.5, 0.6) is 0 Å². The summed E-state index contributed by atoms with van der Waals surface area (Å²) in [5.41, 5.74) is 0.369. The van der Waals surface area contributed by atoms with Crippen molar-refractivity contribution in [1.29, 1.82) is 0 Å². The molecule has 0 aliphatic carbocycles. The smallest absolute Gasteiger partial charge is 0.328 e. The Morgan fingerprint density at radius 3 is 2.80 bits per heavy atom. The molecule has 0 saturated carbocycles. The van der Waals surface area contributed by atoms with Gasteiger partial charge in [0.15, 0.2) is 0 Å². The van der Waals surface area contributed by atoms with Crippen LogP contribution in [0.4, 0.5) is 4.39 Å². The Hall–Kier alpha value is -0.980. The third-order valence-electron chi connectivity index (χ3n) is 3.28. The van der Waals surface area contributed by atoms with E-state index < -0.39 is 17.8 Å². The first-order chi connectivity index (χ1) is 9.63. The Balaban J connectivity index is 2.31. The van der Waals surface area contributed by atoms with Crippen molar-refractivity contribution in [2.75, 3.05) is 32.8 Å². The van der Waals surface area contributed by atoms with Gasteiger partial charge in [-0.05, 0) is 19.1 Å². The minimum absolute atomic E-state index is 0.291. The number of carbonyl (C=O) groups excluding carboxylic acids is 1. The third kappa shape index (κ3) is 3.56. The lowest BCUT2D eigenvalue weighted by molar-refractivity contribution is -0.150. The van der Waals surface area contributed by atoms with Gasteiger partial charge in [-0.3, -0.25) is 4.90 Å². The highest BCUT2D eigenvalue weighted by Crippen LogP contribution is 2.27. The largest absolute Gasteiger partial charge is 0.465 e. The first-order valence-electron chi connectivity index (χ1n) is 6.70.